The number of ether oxygens (including phenoxy) is 1. The highest BCUT2D eigenvalue weighted by Crippen LogP contribution is 2.21. The van der Waals surface area contributed by atoms with Gasteiger partial charge in [0, 0.05) is 19.1 Å². The molecule has 2 unspecified atom stereocenters. The second-order valence-corrected chi connectivity index (χ2v) is 6.02. The molecule has 4 heteroatoms. The Bertz CT molecular complexity index is 259. The molecule has 0 aromatic heterocycles. The Balaban J connectivity index is 2.48. The summed E-state index contributed by atoms with van der Waals surface area (Å²) < 4.78 is 5.38. The minimum atomic E-state index is -0.413. The molecule has 1 aliphatic rings. The van der Waals surface area contributed by atoms with Crippen LogP contribution in [0.4, 0.5) is 4.79 Å². The second-order valence-electron chi connectivity index (χ2n) is 6.02. The Kier molecular flexibility index (Phi) is 4.80. The zero-order valence-electron chi connectivity index (χ0n) is 11.5. The number of nitrogens with zero attached hydrogens (tertiary/aromatic N) is 1. The molecular formula is C13H26N2O2. The molecule has 2 N–H and O–H groups in total. The zero-order valence-corrected chi connectivity index (χ0v) is 11.5. The van der Waals surface area contributed by atoms with Crippen molar-refractivity contribution < 1.29 is 9.53 Å². The molecule has 0 aromatic rings. The molecule has 0 spiro atoms. The molecule has 0 saturated carbocycles. The number of carbonyl (C=O) groups is 1. The Hall–Kier alpha value is -0.770. The van der Waals surface area contributed by atoms with E-state index >= 15 is 0 Å². The maximum atomic E-state index is 11.9. The predicted octanol–water partition coefficient (Wildman–Crippen LogP) is 2.37. The van der Waals surface area contributed by atoms with Crippen molar-refractivity contribution in [2.24, 2.45) is 11.7 Å². The van der Waals surface area contributed by atoms with Gasteiger partial charge < -0.3 is 15.4 Å². The van der Waals surface area contributed by atoms with Crippen molar-refractivity contribution >= 4 is 6.09 Å². The first-order valence-electron chi connectivity index (χ1n) is 6.53. The molecule has 0 bridgehead atoms. The summed E-state index contributed by atoms with van der Waals surface area (Å²) in [6, 6.07) is 0.216. The number of carbonyl (C=O) groups excluding carboxylic acids is 1. The lowest BCUT2D eigenvalue weighted by Crippen LogP contribution is -2.37. The average Bonchev–Trinajstić information content (AvgIpc) is 2.39. The van der Waals surface area contributed by atoms with Gasteiger partial charge in [0.1, 0.15) is 5.60 Å². The lowest BCUT2D eigenvalue weighted by Gasteiger charge is -2.26. The molecule has 2 atom stereocenters. The number of nitrogens with two attached hydrogens (primary N) is 1. The van der Waals surface area contributed by atoms with Gasteiger partial charge in [-0.05, 0) is 52.9 Å². The van der Waals surface area contributed by atoms with Crippen LogP contribution in [0.3, 0.4) is 0 Å². The van der Waals surface area contributed by atoms with Crippen LogP contribution < -0.4 is 5.73 Å². The first-order valence-corrected chi connectivity index (χ1v) is 6.53. The largest absolute Gasteiger partial charge is 0.444 e. The van der Waals surface area contributed by atoms with Gasteiger partial charge in [0.05, 0.1) is 0 Å². The van der Waals surface area contributed by atoms with Crippen molar-refractivity contribution in [3.63, 3.8) is 0 Å². The summed E-state index contributed by atoms with van der Waals surface area (Å²) in [5, 5.41) is 0. The Labute approximate surface area is 104 Å². The van der Waals surface area contributed by atoms with E-state index in [4.69, 9.17) is 10.5 Å². The summed E-state index contributed by atoms with van der Waals surface area (Å²) in [6.07, 6.45) is 2.92. The van der Waals surface area contributed by atoms with Crippen LogP contribution >= 0.6 is 0 Å². The summed E-state index contributed by atoms with van der Waals surface area (Å²) >= 11 is 0. The molecule has 0 aromatic carbocycles. The van der Waals surface area contributed by atoms with E-state index in [2.05, 4.69) is 0 Å². The first kappa shape index (κ1) is 14.3. The standard InChI is InChI=1S/C13H26N2O2/c1-10(14)11-6-5-8-15(9-7-11)12(16)17-13(2,3)4/h10-11H,5-9,14H2,1-4H3. The highest BCUT2D eigenvalue weighted by molar-refractivity contribution is 5.68. The molecule has 100 valence electrons. The number of amides is 1. The fourth-order valence-electron chi connectivity index (χ4n) is 2.16. The molecule has 1 aliphatic heterocycles. The van der Waals surface area contributed by atoms with Crippen molar-refractivity contribution in [2.45, 2.75) is 58.6 Å². The quantitative estimate of drug-likeness (QED) is 0.768. The Morgan fingerprint density at radius 2 is 2.00 bits per heavy atom. The molecule has 17 heavy (non-hydrogen) atoms. The van der Waals surface area contributed by atoms with E-state index in [0.717, 1.165) is 32.4 Å². The van der Waals surface area contributed by atoms with Crippen LogP contribution in [0.5, 0.6) is 0 Å². The van der Waals surface area contributed by atoms with E-state index < -0.39 is 5.60 Å². The molecule has 4 nitrogen and oxygen atoms in total. The second kappa shape index (κ2) is 5.71. The average molecular weight is 242 g/mol. The third kappa shape index (κ3) is 4.94. The third-order valence-electron chi connectivity index (χ3n) is 3.17. The van der Waals surface area contributed by atoms with Crippen LogP contribution in [-0.2, 0) is 4.74 Å². The number of hydrogen-bond acceptors (Lipinski definition) is 3. The maximum absolute atomic E-state index is 11.9. The van der Waals surface area contributed by atoms with E-state index in [1.54, 1.807) is 0 Å². The van der Waals surface area contributed by atoms with E-state index in [1.807, 2.05) is 32.6 Å². The van der Waals surface area contributed by atoms with Gasteiger partial charge in [-0.1, -0.05) is 0 Å². The molecule has 1 saturated heterocycles. The first-order chi connectivity index (χ1) is 7.79. The molecule has 1 rings (SSSR count). The fourth-order valence-corrected chi connectivity index (χ4v) is 2.16. The molecule has 1 amide bonds. The predicted molar refractivity (Wildman–Crippen MR) is 68.8 cm³/mol. The van der Waals surface area contributed by atoms with Crippen LogP contribution in [-0.4, -0.2) is 35.7 Å². The zero-order chi connectivity index (χ0) is 13.1. The molecular weight excluding hydrogens is 216 g/mol. The summed E-state index contributed by atoms with van der Waals surface area (Å²) in [6.45, 7) is 9.29. The molecule has 0 aliphatic carbocycles. The SMILES string of the molecule is CC(N)C1CCCN(C(=O)OC(C)(C)C)CC1. The highest BCUT2D eigenvalue weighted by Gasteiger charge is 2.26. The van der Waals surface area contributed by atoms with Crippen molar-refractivity contribution in [2.75, 3.05) is 13.1 Å². The van der Waals surface area contributed by atoms with Gasteiger partial charge in [0.2, 0.25) is 0 Å². The van der Waals surface area contributed by atoms with Gasteiger partial charge in [-0.25, -0.2) is 4.79 Å². The maximum Gasteiger partial charge on any atom is 0.410 e. The van der Waals surface area contributed by atoms with Crippen LogP contribution in [0, 0.1) is 5.92 Å². The molecule has 1 fully saturated rings. The number of rotatable bonds is 1. The van der Waals surface area contributed by atoms with E-state index in [9.17, 15) is 4.79 Å². The van der Waals surface area contributed by atoms with E-state index in [-0.39, 0.29) is 12.1 Å². The van der Waals surface area contributed by atoms with E-state index in [1.165, 1.54) is 0 Å². The van der Waals surface area contributed by atoms with Gasteiger partial charge in [0.15, 0.2) is 0 Å². The van der Waals surface area contributed by atoms with Crippen molar-refractivity contribution in [1.29, 1.82) is 0 Å². The van der Waals surface area contributed by atoms with Crippen LogP contribution in [0.1, 0.15) is 47.0 Å². The van der Waals surface area contributed by atoms with Crippen LogP contribution in [0.25, 0.3) is 0 Å². The van der Waals surface area contributed by atoms with Crippen LogP contribution in [0.2, 0.25) is 0 Å². The van der Waals surface area contributed by atoms with E-state index in [0.29, 0.717) is 5.92 Å². The Morgan fingerprint density at radius 1 is 1.35 bits per heavy atom. The minimum absolute atomic E-state index is 0.192. The van der Waals surface area contributed by atoms with Crippen molar-refractivity contribution in [3.05, 3.63) is 0 Å². The van der Waals surface area contributed by atoms with Gasteiger partial charge in [-0.2, -0.15) is 0 Å². The summed E-state index contributed by atoms with van der Waals surface area (Å²) in [5.41, 5.74) is 5.51. The monoisotopic (exact) mass is 242 g/mol. The smallest absolute Gasteiger partial charge is 0.410 e. The van der Waals surface area contributed by atoms with Crippen LogP contribution in [0.15, 0.2) is 0 Å². The molecule has 0 radical (unpaired) electrons. The topological polar surface area (TPSA) is 55.6 Å². The highest BCUT2D eigenvalue weighted by atomic mass is 16.6. The minimum Gasteiger partial charge on any atom is -0.444 e. The Morgan fingerprint density at radius 3 is 2.53 bits per heavy atom. The number of likely N-dealkylation sites (tertiary alicyclic amines) is 1. The van der Waals surface area contributed by atoms with Gasteiger partial charge in [0.25, 0.3) is 0 Å². The van der Waals surface area contributed by atoms with Gasteiger partial charge in [-0.3, -0.25) is 0 Å². The summed E-state index contributed by atoms with van der Waals surface area (Å²) in [7, 11) is 0. The van der Waals surface area contributed by atoms with Crippen molar-refractivity contribution in [3.8, 4) is 0 Å². The van der Waals surface area contributed by atoms with Gasteiger partial charge in [-0.15, -0.1) is 0 Å². The van der Waals surface area contributed by atoms with Crippen molar-refractivity contribution in [1.82, 2.24) is 4.90 Å². The summed E-state index contributed by atoms with van der Waals surface area (Å²) in [5.74, 6) is 0.530. The lowest BCUT2D eigenvalue weighted by molar-refractivity contribution is 0.0254. The lowest BCUT2D eigenvalue weighted by atomic mass is 9.94. The number of hydrogen-bond donors (Lipinski definition) is 1. The summed E-state index contributed by atoms with van der Waals surface area (Å²) in [4.78, 5) is 13.7. The molecule has 1 heterocycles. The normalized spacial score (nSPS) is 24.1. The third-order valence-corrected chi connectivity index (χ3v) is 3.17. The fraction of sp³-hybridized carbons (Fsp3) is 0.923. The van der Waals surface area contributed by atoms with Gasteiger partial charge >= 0.3 is 6.09 Å².